The van der Waals surface area contributed by atoms with Crippen LogP contribution < -0.4 is 5.32 Å². The molecule has 2 unspecified atom stereocenters. The molecule has 0 radical (unpaired) electrons. The van der Waals surface area contributed by atoms with Crippen LogP contribution in [0.2, 0.25) is 0 Å². The van der Waals surface area contributed by atoms with Crippen molar-refractivity contribution in [3.05, 3.63) is 71.3 Å². The highest BCUT2D eigenvalue weighted by Gasteiger charge is 2.09. The first-order valence-electron chi connectivity index (χ1n) is 7.96. The van der Waals surface area contributed by atoms with E-state index in [9.17, 15) is 0 Å². The molecule has 112 valence electrons. The molecule has 1 nitrogen and oxygen atoms in total. The molecule has 0 saturated carbocycles. The first kappa shape index (κ1) is 15.8. The lowest BCUT2D eigenvalue weighted by atomic mass is 9.98. The average molecular weight is 281 g/mol. The Morgan fingerprint density at radius 2 is 1.29 bits per heavy atom. The lowest BCUT2D eigenvalue weighted by Gasteiger charge is -2.19. The zero-order valence-electron chi connectivity index (χ0n) is 13.6. The molecule has 0 amide bonds. The van der Waals surface area contributed by atoms with E-state index in [4.69, 9.17) is 0 Å². The van der Waals surface area contributed by atoms with Gasteiger partial charge in [-0.1, -0.05) is 75.4 Å². The summed E-state index contributed by atoms with van der Waals surface area (Å²) in [6.07, 6.45) is 0. The number of nitrogens with one attached hydrogen (secondary N) is 1. The van der Waals surface area contributed by atoms with Gasteiger partial charge in [0.05, 0.1) is 0 Å². The van der Waals surface area contributed by atoms with E-state index in [1.54, 1.807) is 0 Å². The van der Waals surface area contributed by atoms with Crippen LogP contribution >= 0.6 is 0 Å². The molecular formula is C20H27N. The Kier molecular flexibility index (Phi) is 5.58. The molecule has 2 atom stereocenters. The molecule has 2 rings (SSSR count). The van der Waals surface area contributed by atoms with E-state index in [-0.39, 0.29) is 0 Å². The maximum Gasteiger partial charge on any atom is 0.0292 e. The molecule has 0 fully saturated rings. The highest BCUT2D eigenvalue weighted by atomic mass is 14.9. The van der Waals surface area contributed by atoms with Crippen LogP contribution in [0.3, 0.4) is 0 Å². The molecule has 0 bridgehead atoms. The van der Waals surface area contributed by atoms with Gasteiger partial charge in [0, 0.05) is 12.6 Å². The summed E-state index contributed by atoms with van der Waals surface area (Å²) in [6.45, 7) is 9.98. The fourth-order valence-electron chi connectivity index (χ4n) is 2.54. The summed E-state index contributed by atoms with van der Waals surface area (Å²) in [5.74, 6) is 1.13. The minimum absolute atomic E-state index is 0.386. The SMILES string of the molecule is CC(C)c1ccc(C(C)NCC(C)c2ccccc2)cc1. The quantitative estimate of drug-likeness (QED) is 0.761. The van der Waals surface area contributed by atoms with Gasteiger partial charge in [-0.2, -0.15) is 0 Å². The second-order valence-electron chi connectivity index (χ2n) is 6.26. The van der Waals surface area contributed by atoms with E-state index < -0.39 is 0 Å². The van der Waals surface area contributed by atoms with Gasteiger partial charge in [0.2, 0.25) is 0 Å². The Hall–Kier alpha value is -1.60. The molecule has 21 heavy (non-hydrogen) atoms. The van der Waals surface area contributed by atoms with Crippen LogP contribution in [0.25, 0.3) is 0 Å². The largest absolute Gasteiger partial charge is 0.310 e. The van der Waals surface area contributed by atoms with Gasteiger partial charge in [0.15, 0.2) is 0 Å². The van der Waals surface area contributed by atoms with E-state index in [1.807, 2.05) is 0 Å². The topological polar surface area (TPSA) is 12.0 Å². The number of hydrogen-bond acceptors (Lipinski definition) is 1. The molecular weight excluding hydrogens is 254 g/mol. The van der Waals surface area contributed by atoms with E-state index in [0.717, 1.165) is 6.54 Å². The first-order valence-corrected chi connectivity index (χ1v) is 7.96. The van der Waals surface area contributed by atoms with Crippen molar-refractivity contribution in [1.29, 1.82) is 0 Å². The van der Waals surface area contributed by atoms with Crippen LogP contribution in [-0.2, 0) is 0 Å². The summed E-state index contributed by atoms with van der Waals surface area (Å²) in [6, 6.07) is 20.1. The van der Waals surface area contributed by atoms with E-state index in [2.05, 4.69) is 87.6 Å². The lowest BCUT2D eigenvalue weighted by molar-refractivity contribution is 0.537. The molecule has 0 aliphatic rings. The fourth-order valence-corrected chi connectivity index (χ4v) is 2.54. The van der Waals surface area contributed by atoms with Gasteiger partial charge in [0.1, 0.15) is 0 Å². The summed E-state index contributed by atoms with van der Waals surface area (Å²) < 4.78 is 0. The van der Waals surface area contributed by atoms with Gasteiger partial charge < -0.3 is 5.32 Å². The van der Waals surface area contributed by atoms with Crippen LogP contribution in [0.1, 0.15) is 62.3 Å². The number of hydrogen-bond donors (Lipinski definition) is 1. The standard InChI is InChI=1S/C20H27N/c1-15(2)18-10-12-20(13-11-18)17(4)21-14-16(3)19-8-6-5-7-9-19/h5-13,15-17,21H,14H2,1-4H3. The minimum Gasteiger partial charge on any atom is -0.310 e. The predicted octanol–water partition coefficient (Wildman–Crippen LogP) is 5.26. The molecule has 1 heteroatoms. The van der Waals surface area contributed by atoms with Crippen molar-refractivity contribution in [2.75, 3.05) is 6.54 Å². The molecule has 0 heterocycles. The second-order valence-corrected chi connectivity index (χ2v) is 6.26. The average Bonchev–Trinajstić information content (AvgIpc) is 2.53. The Morgan fingerprint density at radius 3 is 1.86 bits per heavy atom. The van der Waals surface area contributed by atoms with Crippen molar-refractivity contribution in [3.63, 3.8) is 0 Å². The highest BCUT2D eigenvalue weighted by molar-refractivity contribution is 5.26. The van der Waals surface area contributed by atoms with E-state index >= 15 is 0 Å². The zero-order valence-corrected chi connectivity index (χ0v) is 13.6. The maximum absolute atomic E-state index is 3.65. The highest BCUT2D eigenvalue weighted by Crippen LogP contribution is 2.20. The molecule has 0 spiro atoms. The van der Waals surface area contributed by atoms with Crippen molar-refractivity contribution >= 4 is 0 Å². The van der Waals surface area contributed by atoms with Crippen molar-refractivity contribution < 1.29 is 0 Å². The molecule has 2 aromatic rings. The Balaban J connectivity index is 1.91. The van der Waals surface area contributed by atoms with Crippen LogP contribution in [0.15, 0.2) is 54.6 Å². The van der Waals surface area contributed by atoms with Crippen LogP contribution in [0, 0.1) is 0 Å². The third-order valence-electron chi connectivity index (χ3n) is 4.20. The van der Waals surface area contributed by atoms with Gasteiger partial charge >= 0.3 is 0 Å². The van der Waals surface area contributed by atoms with Gasteiger partial charge in [0.25, 0.3) is 0 Å². The zero-order chi connectivity index (χ0) is 15.2. The maximum atomic E-state index is 3.65. The summed E-state index contributed by atoms with van der Waals surface area (Å²) >= 11 is 0. The monoisotopic (exact) mass is 281 g/mol. The molecule has 2 aromatic carbocycles. The lowest BCUT2D eigenvalue weighted by Crippen LogP contribution is -2.23. The number of benzene rings is 2. The third-order valence-corrected chi connectivity index (χ3v) is 4.20. The van der Waals surface area contributed by atoms with E-state index in [1.165, 1.54) is 16.7 Å². The Morgan fingerprint density at radius 1 is 0.714 bits per heavy atom. The van der Waals surface area contributed by atoms with Gasteiger partial charge in [-0.25, -0.2) is 0 Å². The van der Waals surface area contributed by atoms with Gasteiger partial charge in [-0.3, -0.25) is 0 Å². The smallest absolute Gasteiger partial charge is 0.0292 e. The van der Waals surface area contributed by atoms with Crippen molar-refractivity contribution in [2.24, 2.45) is 0 Å². The van der Waals surface area contributed by atoms with Crippen molar-refractivity contribution in [3.8, 4) is 0 Å². The van der Waals surface area contributed by atoms with E-state index in [0.29, 0.717) is 17.9 Å². The fraction of sp³-hybridized carbons (Fsp3) is 0.400. The normalized spacial score (nSPS) is 14.1. The summed E-state index contributed by atoms with van der Waals surface area (Å²) in [7, 11) is 0. The second kappa shape index (κ2) is 7.42. The molecule has 0 aromatic heterocycles. The molecule has 0 aliphatic carbocycles. The first-order chi connectivity index (χ1) is 10.1. The van der Waals surface area contributed by atoms with Gasteiger partial charge in [-0.05, 0) is 35.4 Å². The van der Waals surface area contributed by atoms with Crippen LogP contribution in [0.4, 0.5) is 0 Å². The van der Waals surface area contributed by atoms with Crippen molar-refractivity contribution in [2.45, 2.75) is 45.6 Å². The summed E-state index contributed by atoms with van der Waals surface area (Å²) in [5, 5.41) is 3.65. The van der Waals surface area contributed by atoms with Crippen LogP contribution in [-0.4, -0.2) is 6.54 Å². The molecule has 0 saturated heterocycles. The minimum atomic E-state index is 0.386. The predicted molar refractivity (Wildman–Crippen MR) is 91.8 cm³/mol. The van der Waals surface area contributed by atoms with Crippen molar-refractivity contribution in [1.82, 2.24) is 5.32 Å². The van der Waals surface area contributed by atoms with Gasteiger partial charge in [-0.15, -0.1) is 0 Å². The summed E-state index contributed by atoms with van der Waals surface area (Å²) in [4.78, 5) is 0. The third kappa shape index (κ3) is 4.44. The molecule has 1 N–H and O–H groups in total. The number of rotatable bonds is 6. The van der Waals surface area contributed by atoms with Crippen LogP contribution in [0.5, 0.6) is 0 Å². The molecule has 0 aliphatic heterocycles. The summed E-state index contributed by atoms with van der Waals surface area (Å²) in [5.41, 5.74) is 4.16. The Bertz CT molecular complexity index is 528. The Labute approximate surface area is 129 Å².